The van der Waals surface area contributed by atoms with E-state index in [1.165, 1.54) is 30.4 Å². The summed E-state index contributed by atoms with van der Waals surface area (Å²) in [4.78, 5) is 41.6. The van der Waals surface area contributed by atoms with Crippen molar-refractivity contribution < 1.29 is 33.7 Å². The maximum Gasteiger partial charge on any atom is 0.264 e. The van der Waals surface area contributed by atoms with Crippen LogP contribution in [0.4, 0.5) is 0 Å². The van der Waals surface area contributed by atoms with E-state index in [-0.39, 0.29) is 23.0 Å². The fourth-order valence-corrected chi connectivity index (χ4v) is 6.31. The van der Waals surface area contributed by atoms with Crippen molar-refractivity contribution in [3.8, 4) is 28.7 Å². The molecule has 1 atom stereocenters. The second-order valence-corrected chi connectivity index (χ2v) is 11.5. The second-order valence-electron chi connectivity index (χ2n) is 10.4. The zero-order valence-corrected chi connectivity index (χ0v) is 24.5. The van der Waals surface area contributed by atoms with Gasteiger partial charge in [0.1, 0.15) is 17.2 Å². The number of benzene rings is 3. The standard InChI is InChI=1S/C33H30N2O7S/c1-19(36)29-10-11-30(43-29)33(39)35-14-12-20-16-22-5-7-24(20)31(35)21-4-9-27(40-2)28(17-21)41-15-3-13-34-32(38)25-18-23(42-22)6-8-26(25)37/h4-11,16-18,31,37H,3,12-15H2,1-2H3,(H,34,38). The molecule has 3 aromatic carbocycles. The van der Waals surface area contributed by atoms with Crippen LogP contribution in [-0.4, -0.2) is 54.4 Å². The van der Waals surface area contributed by atoms with Crippen LogP contribution < -0.4 is 19.5 Å². The van der Waals surface area contributed by atoms with Gasteiger partial charge in [-0.15, -0.1) is 11.3 Å². The van der Waals surface area contributed by atoms with Gasteiger partial charge in [0.2, 0.25) is 0 Å². The number of nitrogens with one attached hydrogen (secondary N) is 1. The number of carbonyl (C=O) groups excluding carboxylic acids is 3. The third-order valence-corrected chi connectivity index (χ3v) is 8.76. The van der Waals surface area contributed by atoms with E-state index in [1.54, 1.807) is 25.3 Å². The predicted molar refractivity (Wildman–Crippen MR) is 161 cm³/mol. The molecule has 3 aliphatic rings. The van der Waals surface area contributed by atoms with Crippen molar-refractivity contribution in [3.63, 3.8) is 0 Å². The number of carbonyl (C=O) groups is 3. The van der Waals surface area contributed by atoms with E-state index in [0.717, 1.165) is 16.7 Å². The van der Waals surface area contributed by atoms with E-state index >= 15 is 0 Å². The van der Waals surface area contributed by atoms with Gasteiger partial charge in [-0.2, -0.15) is 0 Å². The van der Waals surface area contributed by atoms with Gasteiger partial charge in [0, 0.05) is 13.1 Å². The lowest BCUT2D eigenvalue weighted by molar-refractivity contribution is 0.0699. The van der Waals surface area contributed by atoms with Gasteiger partial charge in [0.25, 0.3) is 11.8 Å². The largest absolute Gasteiger partial charge is 0.507 e. The Kier molecular flexibility index (Phi) is 7.77. The predicted octanol–water partition coefficient (Wildman–Crippen LogP) is 5.76. The summed E-state index contributed by atoms with van der Waals surface area (Å²) in [7, 11) is 1.57. The van der Waals surface area contributed by atoms with Crippen LogP contribution in [0.25, 0.3) is 0 Å². The molecule has 10 heteroatoms. The monoisotopic (exact) mass is 598 g/mol. The van der Waals surface area contributed by atoms with Gasteiger partial charge in [-0.05, 0) is 91.1 Å². The molecule has 2 N–H and O–H groups in total. The van der Waals surface area contributed by atoms with Gasteiger partial charge in [0.15, 0.2) is 17.3 Å². The Balaban J connectivity index is 1.45. The molecule has 8 bridgehead atoms. The van der Waals surface area contributed by atoms with Crippen molar-refractivity contribution in [3.05, 3.63) is 98.7 Å². The maximum atomic E-state index is 13.9. The van der Waals surface area contributed by atoms with Gasteiger partial charge in [0.05, 0.1) is 35.1 Å². The Labute approximate surface area is 252 Å². The minimum atomic E-state index is -0.431. The molecule has 0 spiro atoms. The Morgan fingerprint density at radius 3 is 2.60 bits per heavy atom. The van der Waals surface area contributed by atoms with Crippen molar-refractivity contribution >= 4 is 28.9 Å². The highest BCUT2D eigenvalue weighted by Gasteiger charge is 2.34. The minimum absolute atomic E-state index is 0.0750. The molecule has 4 heterocycles. The molecule has 0 radical (unpaired) electrons. The molecule has 1 aromatic heterocycles. The zero-order valence-electron chi connectivity index (χ0n) is 23.7. The molecule has 0 aliphatic carbocycles. The Morgan fingerprint density at radius 2 is 1.81 bits per heavy atom. The number of hydrogen-bond acceptors (Lipinski definition) is 8. The number of phenolic OH excluding ortho intramolecular Hbond substituents is 1. The van der Waals surface area contributed by atoms with Crippen molar-refractivity contribution in [1.29, 1.82) is 0 Å². The van der Waals surface area contributed by atoms with Crippen LogP contribution in [0, 0.1) is 0 Å². The molecule has 4 aromatic rings. The van der Waals surface area contributed by atoms with Crippen LogP contribution in [0.3, 0.4) is 0 Å². The summed E-state index contributed by atoms with van der Waals surface area (Å²) in [6.45, 7) is 2.56. The first-order valence-electron chi connectivity index (χ1n) is 14.0. The summed E-state index contributed by atoms with van der Waals surface area (Å²) in [5.41, 5.74) is 2.92. The molecular weight excluding hydrogens is 568 g/mol. The summed E-state index contributed by atoms with van der Waals surface area (Å²) in [5.74, 6) is 1.27. The van der Waals surface area contributed by atoms with Crippen molar-refractivity contribution in [2.24, 2.45) is 0 Å². The molecule has 220 valence electrons. The highest BCUT2D eigenvalue weighted by atomic mass is 32.1. The number of fused-ring (bicyclic) bond motifs is 6. The summed E-state index contributed by atoms with van der Waals surface area (Å²) >= 11 is 1.20. The highest BCUT2D eigenvalue weighted by Crippen LogP contribution is 2.41. The fourth-order valence-electron chi connectivity index (χ4n) is 5.45. The number of Topliss-reactive ketones (excluding diaryl/α,β-unsaturated/α-hetero) is 1. The summed E-state index contributed by atoms with van der Waals surface area (Å²) in [6, 6.07) is 18.9. The van der Waals surface area contributed by atoms with Gasteiger partial charge in [-0.25, -0.2) is 0 Å². The number of phenols is 1. The van der Waals surface area contributed by atoms with Crippen LogP contribution >= 0.6 is 11.3 Å². The Hall–Kier alpha value is -4.83. The van der Waals surface area contributed by atoms with Crippen LogP contribution in [0.15, 0.2) is 66.7 Å². The third-order valence-electron chi connectivity index (χ3n) is 7.58. The van der Waals surface area contributed by atoms with E-state index < -0.39 is 11.9 Å². The number of aromatic hydroxyl groups is 1. The first-order chi connectivity index (χ1) is 20.8. The van der Waals surface area contributed by atoms with Crippen LogP contribution in [0.2, 0.25) is 0 Å². The lowest BCUT2D eigenvalue weighted by Crippen LogP contribution is -2.40. The lowest BCUT2D eigenvalue weighted by atomic mass is 9.87. The van der Waals surface area contributed by atoms with Gasteiger partial charge in [-0.3, -0.25) is 14.4 Å². The maximum absolute atomic E-state index is 13.9. The van der Waals surface area contributed by atoms with Crippen molar-refractivity contribution in [2.45, 2.75) is 25.8 Å². The van der Waals surface area contributed by atoms with E-state index in [2.05, 4.69) is 5.32 Å². The molecule has 3 aliphatic heterocycles. The van der Waals surface area contributed by atoms with Crippen LogP contribution in [0.5, 0.6) is 28.7 Å². The number of ether oxygens (including phenoxy) is 3. The first-order valence-corrected chi connectivity index (χ1v) is 14.8. The number of ketones is 1. The number of amides is 2. The number of methoxy groups -OCH3 is 1. The van der Waals surface area contributed by atoms with E-state index in [9.17, 15) is 19.5 Å². The number of nitrogens with zero attached hydrogens (tertiary/aromatic N) is 1. The van der Waals surface area contributed by atoms with Crippen LogP contribution in [-0.2, 0) is 6.42 Å². The molecule has 0 saturated heterocycles. The molecule has 0 saturated carbocycles. The molecule has 43 heavy (non-hydrogen) atoms. The molecule has 9 nitrogen and oxygen atoms in total. The smallest absolute Gasteiger partial charge is 0.264 e. The summed E-state index contributed by atoms with van der Waals surface area (Å²) < 4.78 is 17.8. The molecule has 2 amide bonds. The van der Waals surface area contributed by atoms with Gasteiger partial charge < -0.3 is 29.5 Å². The van der Waals surface area contributed by atoms with E-state index in [4.69, 9.17) is 14.2 Å². The van der Waals surface area contributed by atoms with Gasteiger partial charge >= 0.3 is 0 Å². The number of hydrogen-bond donors (Lipinski definition) is 2. The normalized spacial score (nSPS) is 16.3. The van der Waals surface area contributed by atoms with E-state index in [0.29, 0.717) is 65.3 Å². The fraction of sp³-hybridized carbons (Fsp3) is 0.242. The van der Waals surface area contributed by atoms with E-state index in [1.807, 2.05) is 41.3 Å². The Morgan fingerprint density at radius 1 is 1.02 bits per heavy atom. The minimum Gasteiger partial charge on any atom is -0.507 e. The summed E-state index contributed by atoms with van der Waals surface area (Å²) in [5, 5.41) is 13.1. The number of thiophene rings is 1. The molecular formula is C33H30N2O7S. The number of rotatable bonds is 3. The second kappa shape index (κ2) is 11.8. The van der Waals surface area contributed by atoms with Crippen molar-refractivity contribution in [1.82, 2.24) is 10.2 Å². The zero-order chi connectivity index (χ0) is 30.1. The highest BCUT2D eigenvalue weighted by molar-refractivity contribution is 7.15. The average molecular weight is 599 g/mol. The SMILES string of the molecule is COc1ccc2cc1OCCCNC(=O)c1cc(ccc1O)Oc1ccc3c(c1)CCN(C(=O)c1ccc(C(C)=O)s1)C23. The van der Waals surface area contributed by atoms with Gasteiger partial charge in [-0.1, -0.05) is 12.1 Å². The quantitative estimate of drug-likeness (QED) is 0.288. The lowest BCUT2D eigenvalue weighted by Gasteiger charge is -2.38. The average Bonchev–Trinajstić information content (AvgIpc) is 3.51. The summed E-state index contributed by atoms with van der Waals surface area (Å²) in [6.07, 6.45) is 1.09. The molecule has 1 unspecified atom stereocenters. The van der Waals surface area contributed by atoms with Crippen molar-refractivity contribution in [2.75, 3.05) is 26.8 Å². The third kappa shape index (κ3) is 5.65. The van der Waals surface area contributed by atoms with Crippen LogP contribution in [0.1, 0.15) is 65.8 Å². The Bertz CT molecular complexity index is 1730. The molecule has 0 fully saturated rings. The first kappa shape index (κ1) is 28.3. The topological polar surface area (TPSA) is 114 Å². The molecule has 7 rings (SSSR count).